The van der Waals surface area contributed by atoms with E-state index >= 15 is 0 Å². The molecule has 1 saturated heterocycles. The van der Waals surface area contributed by atoms with E-state index in [4.69, 9.17) is 14.2 Å². The molecule has 0 atom stereocenters. The molecule has 0 N–H and O–H groups in total. The summed E-state index contributed by atoms with van der Waals surface area (Å²) in [5, 5.41) is 0. The van der Waals surface area contributed by atoms with Crippen LogP contribution in [0.4, 0.5) is 5.69 Å². The van der Waals surface area contributed by atoms with E-state index in [0.29, 0.717) is 6.61 Å². The van der Waals surface area contributed by atoms with Gasteiger partial charge in [-0.3, -0.25) is 9.69 Å². The van der Waals surface area contributed by atoms with Crippen molar-refractivity contribution in [3.05, 3.63) is 71.8 Å². The quantitative estimate of drug-likeness (QED) is 0.322. The van der Waals surface area contributed by atoms with Crippen LogP contribution in [0.5, 0.6) is 17.2 Å². The van der Waals surface area contributed by atoms with Crippen LogP contribution in [0, 0.1) is 0 Å². The second kappa shape index (κ2) is 13.4. The number of anilines is 1. The van der Waals surface area contributed by atoms with Crippen molar-refractivity contribution in [2.75, 3.05) is 65.0 Å². The third kappa shape index (κ3) is 6.66. The predicted octanol–water partition coefficient (Wildman–Crippen LogP) is 5.57. The van der Waals surface area contributed by atoms with Crippen molar-refractivity contribution < 1.29 is 19.0 Å². The lowest BCUT2D eigenvalue weighted by Crippen LogP contribution is -2.46. The van der Waals surface area contributed by atoms with Crippen LogP contribution in [0.2, 0.25) is 0 Å². The molecule has 0 aliphatic carbocycles. The van der Waals surface area contributed by atoms with Gasteiger partial charge in [0.05, 0.1) is 26.4 Å². The minimum Gasteiger partial charge on any atom is -0.496 e. The summed E-state index contributed by atoms with van der Waals surface area (Å²) in [6.45, 7) is 12.5. The Hall–Kier alpha value is -3.71. The fourth-order valence-electron chi connectivity index (χ4n) is 5.13. The molecule has 1 aliphatic heterocycles. The first-order valence-corrected chi connectivity index (χ1v) is 13.9. The van der Waals surface area contributed by atoms with Crippen molar-refractivity contribution >= 4 is 11.6 Å². The number of hydrogen-bond acceptors (Lipinski definition) is 6. The van der Waals surface area contributed by atoms with E-state index in [0.717, 1.165) is 91.0 Å². The number of piperazine rings is 1. The molecule has 0 aromatic heterocycles. The molecule has 0 bridgehead atoms. The van der Waals surface area contributed by atoms with E-state index in [-0.39, 0.29) is 5.91 Å². The van der Waals surface area contributed by atoms with E-state index in [1.54, 1.807) is 14.2 Å². The van der Waals surface area contributed by atoms with E-state index in [2.05, 4.69) is 40.1 Å². The van der Waals surface area contributed by atoms with Gasteiger partial charge in [0.15, 0.2) is 0 Å². The van der Waals surface area contributed by atoms with Crippen LogP contribution in [0.3, 0.4) is 0 Å². The molecule has 0 saturated carbocycles. The Morgan fingerprint density at radius 3 is 2.03 bits per heavy atom. The number of carbonyl (C=O) groups excluding carboxylic acids is 1. The molecule has 1 heterocycles. The average molecular weight is 532 g/mol. The van der Waals surface area contributed by atoms with Crippen LogP contribution < -0.4 is 19.1 Å². The fraction of sp³-hybridized carbons (Fsp3) is 0.406. The van der Waals surface area contributed by atoms with Gasteiger partial charge in [0.1, 0.15) is 17.2 Å². The SMILES string of the molecule is CCOc1cccc(-c2cc(OC)c(CN3CCN(c4ccc(C(=O)N(CC)CC)cc4)CC3)c(OC)c2)c1. The maximum Gasteiger partial charge on any atom is 0.253 e. The molecule has 3 aromatic carbocycles. The van der Waals surface area contributed by atoms with Crippen LogP contribution in [0.15, 0.2) is 60.7 Å². The number of benzene rings is 3. The second-order valence-electron chi connectivity index (χ2n) is 9.61. The number of carbonyl (C=O) groups is 1. The average Bonchev–Trinajstić information content (AvgIpc) is 2.98. The Bertz CT molecular complexity index is 1210. The molecule has 0 radical (unpaired) electrons. The Balaban J connectivity index is 1.43. The Morgan fingerprint density at radius 1 is 0.821 bits per heavy atom. The number of nitrogens with zero attached hydrogens (tertiary/aromatic N) is 3. The molecule has 208 valence electrons. The minimum atomic E-state index is 0.0901. The first-order chi connectivity index (χ1) is 19.0. The highest BCUT2D eigenvalue weighted by Crippen LogP contribution is 2.37. The molecule has 7 heteroatoms. The number of ether oxygens (including phenoxy) is 3. The molecule has 3 aromatic rings. The van der Waals surface area contributed by atoms with Crippen molar-refractivity contribution in [2.45, 2.75) is 27.3 Å². The van der Waals surface area contributed by atoms with Crippen LogP contribution in [-0.2, 0) is 6.54 Å². The molecule has 0 spiro atoms. The zero-order valence-electron chi connectivity index (χ0n) is 23.9. The van der Waals surface area contributed by atoms with Crippen LogP contribution >= 0.6 is 0 Å². The summed E-state index contributed by atoms with van der Waals surface area (Å²) >= 11 is 0. The monoisotopic (exact) mass is 531 g/mol. The van der Waals surface area contributed by atoms with Crippen molar-refractivity contribution in [2.24, 2.45) is 0 Å². The highest BCUT2D eigenvalue weighted by atomic mass is 16.5. The third-order valence-corrected chi connectivity index (χ3v) is 7.37. The Kier molecular flexibility index (Phi) is 9.71. The zero-order valence-corrected chi connectivity index (χ0v) is 23.9. The lowest BCUT2D eigenvalue weighted by atomic mass is 10.0. The Labute approximate surface area is 232 Å². The normalized spacial score (nSPS) is 13.7. The summed E-state index contributed by atoms with van der Waals surface area (Å²) in [5.41, 5.74) is 5.04. The summed E-state index contributed by atoms with van der Waals surface area (Å²) < 4.78 is 17.4. The third-order valence-electron chi connectivity index (χ3n) is 7.37. The maximum absolute atomic E-state index is 12.6. The van der Waals surface area contributed by atoms with Gasteiger partial charge in [0.25, 0.3) is 5.91 Å². The first-order valence-electron chi connectivity index (χ1n) is 13.9. The molecular weight excluding hydrogens is 490 g/mol. The molecule has 0 unspecified atom stereocenters. The smallest absolute Gasteiger partial charge is 0.253 e. The van der Waals surface area contributed by atoms with Gasteiger partial charge >= 0.3 is 0 Å². The minimum absolute atomic E-state index is 0.0901. The van der Waals surface area contributed by atoms with E-state index < -0.39 is 0 Å². The molecule has 7 nitrogen and oxygen atoms in total. The van der Waals surface area contributed by atoms with Crippen molar-refractivity contribution in [1.29, 1.82) is 0 Å². The lowest BCUT2D eigenvalue weighted by molar-refractivity contribution is 0.0773. The summed E-state index contributed by atoms with van der Waals surface area (Å²) in [6, 6.07) is 20.3. The number of amides is 1. The first kappa shape index (κ1) is 28.3. The standard InChI is InChI=1S/C32H41N3O4/c1-6-34(7-2)32(36)24-12-14-27(15-13-24)35-18-16-33(17-19-35)23-29-30(37-4)21-26(22-31(29)38-5)25-10-9-11-28(20-25)39-8-3/h9-15,20-22H,6-8,16-19,23H2,1-5H3. The second-order valence-corrected chi connectivity index (χ2v) is 9.61. The van der Waals surface area contributed by atoms with Gasteiger partial charge in [-0.05, 0) is 80.4 Å². The molecule has 4 rings (SSSR count). The van der Waals surface area contributed by atoms with Crippen LogP contribution in [0.1, 0.15) is 36.7 Å². The van der Waals surface area contributed by atoms with Crippen molar-refractivity contribution in [1.82, 2.24) is 9.80 Å². The molecule has 1 amide bonds. The van der Waals surface area contributed by atoms with Gasteiger partial charge in [-0.1, -0.05) is 12.1 Å². The van der Waals surface area contributed by atoms with Crippen LogP contribution in [-0.4, -0.2) is 75.8 Å². The van der Waals surface area contributed by atoms with Gasteiger partial charge in [-0.25, -0.2) is 0 Å². The van der Waals surface area contributed by atoms with Crippen LogP contribution in [0.25, 0.3) is 11.1 Å². The molecule has 39 heavy (non-hydrogen) atoms. The van der Waals surface area contributed by atoms with E-state index in [1.807, 2.05) is 56.0 Å². The van der Waals surface area contributed by atoms with Crippen molar-refractivity contribution in [3.8, 4) is 28.4 Å². The highest BCUT2D eigenvalue weighted by Gasteiger charge is 2.22. The predicted molar refractivity (Wildman–Crippen MR) is 157 cm³/mol. The summed E-state index contributed by atoms with van der Waals surface area (Å²) in [5.74, 6) is 2.58. The van der Waals surface area contributed by atoms with Gasteiger partial charge in [-0.15, -0.1) is 0 Å². The molecule has 1 aliphatic rings. The van der Waals surface area contributed by atoms with Gasteiger partial charge in [0.2, 0.25) is 0 Å². The molecule has 1 fully saturated rings. The topological polar surface area (TPSA) is 54.5 Å². The Morgan fingerprint density at radius 2 is 1.46 bits per heavy atom. The number of rotatable bonds is 11. The zero-order chi connectivity index (χ0) is 27.8. The molecular formula is C32H41N3O4. The summed E-state index contributed by atoms with van der Waals surface area (Å²) in [6.07, 6.45) is 0. The van der Waals surface area contributed by atoms with Gasteiger partial charge < -0.3 is 24.0 Å². The summed E-state index contributed by atoms with van der Waals surface area (Å²) in [7, 11) is 3.43. The van der Waals surface area contributed by atoms with E-state index in [9.17, 15) is 4.79 Å². The lowest BCUT2D eigenvalue weighted by Gasteiger charge is -2.36. The van der Waals surface area contributed by atoms with Gasteiger partial charge in [-0.2, -0.15) is 0 Å². The number of hydrogen-bond donors (Lipinski definition) is 0. The van der Waals surface area contributed by atoms with E-state index in [1.165, 1.54) is 0 Å². The maximum atomic E-state index is 12.6. The fourth-order valence-corrected chi connectivity index (χ4v) is 5.13. The highest BCUT2D eigenvalue weighted by molar-refractivity contribution is 5.94. The number of methoxy groups -OCH3 is 2. The summed E-state index contributed by atoms with van der Waals surface area (Å²) in [4.78, 5) is 19.3. The largest absolute Gasteiger partial charge is 0.496 e. The van der Waals surface area contributed by atoms with Crippen molar-refractivity contribution in [3.63, 3.8) is 0 Å². The van der Waals surface area contributed by atoms with Gasteiger partial charge in [0, 0.05) is 57.1 Å².